The smallest absolute Gasteiger partial charge is 0.194 e. The van der Waals surface area contributed by atoms with Crippen LogP contribution in [0.4, 0.5) is 0 Å². The highest BCUT2D eigenvalue weighted by atomic mass is 32.1. The van der Waals surface area contributed by atoms with E-state index in [2.05, 4.69) is 53.3 Å². The van der Waals surface area contributed by atoms with Gasteiger partial charge in [-0.2, -0.15) is 0 Å². The summed E-state index contributed by atoms with van der Waals surface area (Å²) in [6.07, 6.45) is 3.06. The molecule has 0 radical (unpaired) electrons. The zero-order valence-electron chi connectivity index (χ0n) is 15.6. The van der Waals surface area contributed by atoms with E-state index in [1.807, 2.05) is 12.3 Å². The number of aromatic nitrogens is 1. The Morgan fingerprint density at radius 1 is 1.38 bits per heavy atom. The van der Waals surface area contributed by atoms with Gasteiger partial charge < -0.3 is 15.0 Å². The summed E-state index contributed by atoms with van der Waals surface area (Å²) in [4.78, 5) is 12.8. The minimum Gasteiger partial charge on any atom is -0.376 e. The number of nitrogens with zero attached hydrogens (tertiary/aromatic N) is 3. The van der Waals surface area contributed by atoms with Gasteiger partial charge in [0, 0.05) is 36.6 Å². The van der Waals surface area contributed by atoms with Crippen LogP contribution >= 0.6 is 11.3 Å². The molecule has 1 aromatic carbocycles. The molecule has 6 heteroatoms. The van der Waals surface area contributed by atoms with Gasteiger partial charge in [-0.3, -0.25) is 0 Å². The van der Waals surface area contributed by atoms with Crippen molar-refractivity contribution in [3.63, 3.8) is 0 Å². The van der Waals surface area contributed by atoms with Crippen molar-refractivity contribution >= 4 is 17.3 Å². The predicted octanol–water partition coefficient (Wildman–Crippen LogP) is 3.46. The Hall–Kier alpha value is -1.92. The lowest BCUT2D eigenvalue weighted by Crippen LogP contribution is -2.40. The third kappa shape index (κ3) is 5.54. The summed E-state index contributed by atoms with van der Waals surface area (Å²) in [5, 5.41) is 4.49. The molecule has 3 rings (SSSR count). The van der Waals surface area contributed by atoms with E-state index in [0.717, 1.165) is 43.6 Å². The van der Waals surface area contributed by atoms with Gasteiger partial charge in [-0.05, 0) is 25.8 Å². The van der Waals surface area contributed by atoms with Gasteiger partial charge in [-0.25, -0.2) is 9.98 Å². The van der Waals surface area contributed by atoms with E-state index in [4.69, 9.17) is 9.73 Å². The first kappa shape index (κ1) is 18.9. The van der Waals surface area contributed by atoms with Crippen molar-refractivity contribution in [2.24, 2.45) is 10.9 Å². The zero-order chi connectivity index (χ0) is 18.2. The molecular weight excluding hydrogens is 344 g/mol. The van der Waals surface area contributed by atoms with Crippen molar-refractivity contribution in [2.45, 2.75) is 33.4 Å². The number of hydrogen-bond acceptors (Lipinski definition) is 4. The zero-order valence-corrected chi connectivity index (χ0v) is 16.5. The highest BCUT2D eigenvalue weighted by molar-refractivity contribution is 7.11. The molecule has 1 N–H and O–H groups in total. The molecule has 0 spiro atoms. The highest BCUT2D eigenvalue weighted by Gasteiger charge is 2.25. The van der Waals surface area contributed by atoms with Crippen molar-refractivity contribution < 1.29 is 4.74 Å². The molecule has 1 fully saturated rings. The largest absolute Gasteiger partial charge is 0.376 e. The van der Waals surface area contributed by atoms with E-state index in [1.165, 1.54) is 10.4 Å². The number of aryl methyl sites for hydroxylation is 1. The number of nitrogens with one attached hydrogen (secondary N) is 1. The molecule has 2 aromatic rings. The van der Waals surface area contributed by atoms with Crippen molar-refractivity contribution in [2.75, 3.05) is 26.2 Å². The van der Waals surface area contributed by atoms with Gasteiger partial charge in [0.25, 0.3) is 0 Å². The highest BCUT2D eigenvalue weighted by Crippen LogP contribution is 2.18. The number of thiazole rings is 1. The molecule has 2 heterocycles. The molecule has 1 saturated heterocycles. The molecule has 0 aliphatic carbocycles. The van der Waals surface area contributed by atoms with Gasteiger partial charge >= 0.3 is 0 Å². The van der Waals surface area contributed by atoms with Crippen molar-refractivity contribution in [3.8, 4) is 0 Å². The Kier molecular flexibility index (Phi) is 7.03. The maximum absolute atomic E-state index is 5.93. The lowest BCUT2D eigenvalue weighted by atomic mass is 10.1. The molecular formula is C20H28N4OS. The average Bonchev–Trinajstić information content (AvgIpc) is 3.29. The summed E-state index contributed by atoms with van der Waals surface area (Å²) in [7, 11) is 0. The van der Waals surface area contributed by atoms with Gasteiger partial charge in [-0.15, -0.1) is 11.3 Å². The van der Waals surface area contributed by atoms with E-state index in [-0.39, 0.29) is 0 Å². The monoisotopic (exact) mass is 372 g/mol. The van der Waals surface area contributed by atoms with Crippen LogP contribution in [0.3, 0.4) is 0 Å². The third-order valence-electron chi connectivity index (χ3n) is 4.42. The molecule has 0 amide bonds. The summed E-state index contributed by atoms with van der Waals surface area (Å²) in [6.45, 7) is 9.23. The first-order chi connectivity index (χ1) is 12.7. The molecule has 0 saturated carbocycles. The van der Waals surface area contributed by atoms with Crippen LogP contribution in [-0.4, -0.2) is 42.1 Å². The second-order valence-electron chi connectivity index (χ2n) is 6.64. The summed E-state index contributed by atoms with van der Waals surface area (Å²) < 4.78 is 5.93. The van der Waals surface area contributed by atoms with Gasteiger partial charge in [-0.1, -0.05) is 30.3 Å². The first-order valence-electron chi connectivity index (χ1n) is 9.31. The number of hydrogen-bond donors (Lipinski definition) is 1. The standard InChI is InChI=1S/C20H28N4OS/c1-3-21-20(23-12-19-22-11-16(2)26-19)24-10-9-18(13-24)15-25-14-17-7-5-4-6-8-17/h4-8,11,18H,3,9-10,12-15H2,1-2H3,(H,21,23). The Bertz CT molecular complexity index is 701. The van der Waals surface area contributed by atoms with Gasteiger partial charge in [0.15, 0.2) is 5.96 Å². The number of benzene rings is 1. The quantitative estimate of drug-likeness (QED) is 0.597. The van der Waals surface area contributed by atoms with Crippen LogP contribution < -0.4 is 5.32 Å². The number of aliphatic imine (C=N–C) groups is 1. The van der Waals surface area contributed by atoms with Crippen LogP contribution in [0.2, 0.25) is 0 Å². The molecule has 1 unspecified atom stereocenters. The topological polar surface area (TPSA) is 49.8 Å². The Labute approximate surface area is 160 Å². The lowest BCUT2D eigenvalue weighted by Gasteiger charge is -2.21. The Morgan fingerprint density at radius 3 is 2.96 bits per heavy atom. The third-order valence-corrected chi connectivity index (χ3v) is 5.32. The number of likely N-dealkylation sites (tertiary alicyclic amines) is 1. The van der Waals surface area contributed by atoms with Crippen LogP contribution in [0.1, 0.15) is 28.8 Å². The van der Waals surface area contributed by atoms with Gasteiger partial charge in [0.1, 0.15) is 5.01 Å². The first-order valence-corrected chi connectivity index (χ1v) is 10.1. The molecule has 140 valence electrons. The van der Waals surface area contributed by atoms with Crippen molar-refractivity contribution in [1.29, 1.82) is 0 Å². The van der Waals surface area contributed by atoms with E-state index >= 15 is 0 Å². The Morgan fingerprint density at radius 2 is 2.23 bits per heavy atom. The second kappa shape index (κ2) is 9.69. The number of rotatable bonds is 7. The van der Waals surface area contributed by atoms with E-state index in [9.17, 15) is 0 Å². The maximum Gasteiger partial charge on any atom is 0.194 e. The number of guanidine groups is 1. The van der Waals surface area contributed by atoms with Gasteiger partial charge in [0.2, 0.25) is 0 Å². The van der Waals surface area contributed by atoms with Crippen LogP contribution in [0.15, 0.2) is 41.5 Å². The molecule has 1 aliphatic rings. The second-order valence-corrected chi connectivity index (χ2v) is 7.96. The SMILES string of the molecule is CCNC(=NCc1ncc(C)s1)N1CCC(COCc2ccccc2)C1. The number of ether oxygens (including phenoxy) is 1. The van der Waals surface area contributed by atoms with E-state index in [1.54, 1.807) is 11.3 Å². The van der Waals surface area contributed by atoms with Crippen LogP contribution in [0.5, 0.6) is 0 Å². The fourth-order valence-corrected chi connectivity index (χ4v) is 3.83. The molecule has 26 heavy (non-hydrogen) atoms. The summed E-state index contributed by atoms with van der Waals surface area (Å²) >= 11 is 1.72. The summed E-state index contributed by atoms with van der Waals surface area (Å²) in [6, 6.07) is 10.4. The minimum absolute atomic E-state index is 0.560. The molecule has 1 atom stereocenters. The maximum atomic E-state index is 5.93. The predicted molar refractivity (Wildman–Crippen MR) is 107 cm³/mol. The fourth-order valence-electron chi connectivity index (χ4n) is 3.12. The molecule has 1 aliphatic heterocycles. The molecule has 0 bridgehead atoms. The van der Waals surface area contributed by atoms with Crippen molar-refractivity contribution in [1.82, 2.24) is 15.2 Å². The van der Waals surface area contributed by atoms with Crippen LogP contribution in [0.25, 0.3) is 0 Å². The normalized spacial score (nSPS) is 17.7. The fraction of sp³-hybridized carbons (Fsp3) is 0.500. The van der Waals surface area contributed by atoms with Crippen LogP contribution in [0, 0.1) is 12.8 Å². The average molecular weight is 373 g/mol. The van der Waals surface area contributed by atoms with Gasteiger partial charge in [0.05, 0.1) is 19.8 Å². The summed E-state index contributed by atoms with van der Waals surface area (Å²) in [5.74, 6) is 1.55. The molecule has 5 nitrogen and oxygen atoms in total. The van der Waals surface area contributed by atoms with E-state index in [0.29, 0.717) is 19.1 Å². The Balaban J connectivity index is 1.48. The van der Waals surface area contributed by atoms with Crippen LogP contribution in [-0.2, 0) is 17.9 Å². The van der Waals surface area contributed by atoms with E-state index < -0.39 is 0 Å². The minimum atomic E-state index is 0.560. The molecule has 1 aromatic heterocycles. The lowest BCUT2D eigenvalue weighted by molar-refractivity contribution is 0.0906. The summed E-state index contributed by atoms with van der Waals surface area (Å²) in [5.41, 5.74) is 1.23. The van der Waals surface area contributed by atoms with Crippen molar-refractivity contribution in [3.05, 3.63) is 52.0 Å².